The molecule has 0 aromatic rings. The van der Waals surface area contributed by atoms with Crippen LogP contribution in [0.15, 0.2) is 22.4 Å². The van der Waals surface area contributed by atoms with Crippen molar-refractivity contribution >= 4 is 63.7 Å². The Balaban J connectivity index is 2.67. The Morgan fingerprint density at radius 1 is 0.955 bits per heavy atom. The van der Waals surface area contributed by atoms with E-state index in [-0.39, 0.29) is 0 Å². The smallest absolute Gasteiger partial charge is 0.231 e. The van der Waals surface area contributed by atoms with E-state index in [9.17, 15) is 10.2 Å². The van der Waals surface area contributed by atoms with Gasteiger partial charge in [-0.15, -0.1) is 0 Å². The lowest BCUT2D eigenvalue weighted by Gasteiger charge is -2.38. The van der Waals surface area contributed by atoms with Gasteiger partial charge >= 0.3 is 0 Å². The van der Waals surface area contributed by atoms with Crippen LogP contribution in [0.3, 0.4) is 0 Å². The van der Waals surface area contributed by atoms with Crippen LogP contribution in [0.5, 0.6) is 0 Å². The number of aliphatic hydroxyl groups is 2. The predicted molar refractivity (Wildman–Crippen MR) is 102 cm³/mol. The molecule has 2 unspecified atom stereocenters. The Morgan fingerprint density at radius 3 is 2.14 bits per heavy atom. The maximum Gasteiger partial charge on any atom is 0.231 e. The van der Waals surface area contributed by atoms with Crippen molar-refractivity contribution in [2.45, 2.75) is 36.0 Å². The Morgan fingerprint density at radius 2 is 1.55 bits per heavy atom. The Kier molecular flexibility index (Phi) is 9.75. The number of allylic oxidation sites excluding steroid dienone is 1. The first-order valence-electron chi connectivity index (χ1n) is 7.00. The van der Waals surface area contributed by atoms with Crippen LogP contribution in [-0.4, -0.2) is 44.4 Å². The molecule has 2 atom stereocenters. The Bertz CT molecular complexity index is 412. The van der Waals surface area contributed by atoms with E-state index in [1.54, 1.807) is 0 Å². The third-order valence-electron chi connectivity index (χ3n) is 3.02. The van der Waals surface area contributed by atoms with Crippen LogP contribution in [0.25, 0.3) is 0 Å². The van der Waals surface area contributed by atoms with Crippen LogP contribution in [0.2, 0.25) is 0 Å². The van der Waals surface area contributed by atoms with Gasteiger partial charge in [0.05, 0.1) is 17.7 Å². The number of unbranched alkanes of at least 4 members (excludes halogenated alkanes) is 2. The van der Waals surface area contributed by atoms with Crippen molar-refractivity contribution < 1.29 is 19.7 Å². The van der Waals surface area contributed by atoms with E-state index in [2.05, 4.69) is 63.7 Å². The summed E-state index contributed by atoms with van der Waals surface area (Å²) in [7, 11) is 0. The first kappa shape index (κ1) is 21.1. The quantitative estimate of drug-likeness (QED) is 0.233. The van der Waals surface area contributed by atoms with Gasteiger partial charge in [-0.05, 0) is 63.6 Å². The van der Waals surface area contributed by atoms with E-state index in [0.717, 1.165) is 36.3 Å². The normalized spacial score (nSPS) is 28.3. The van der Waals surface area contributed by atoms with Gasteiger partial charge in [-0.25, -0.2) is 0 Å². The molecule has 0 aromatic heterocycles. The summed E-state index contributed by atoms with van der Waals surface area (Å²) in [4.78, 5) is 0. The molecule has 1 aliphatic rings. The monoisotopic (exact) mass is 568 g/mol. The maximum absolute atomic E-state index is 10.6. The summed E-state index contributed by atoms with van der Waals surface area (Å²) in [5, 5.41) is 22.8. The second-order valence-electron chi connectivity index (χ2n) is 4.86. The largest absolute Gasteiger partial charge is 0.493 e. The maximum atomic E-state index is 10.6. The zero-order chi connectivity index (χ0) is 16.6. The number of hydrogen-bond acceptors (Lipinski definition) is 4. The first-order chi connectivity index (χ1) is 10.4. The highest BCUT2D eigenvalue weighted by molar-refractivity contribution is 9.12. The van der Waals surface area contributed by atoms with Crippen LogP contribution < -0.4 is 0 Å². The van der Waals surface area contributed by atoms with Gasteiger partial charge in [-0.3, -0.25) is 0 Å². The average molecular weight is 572 g/mol. The minimum Gasteiger partial charge on any atom is -0.493 e. The molecule has 0 spiro atoms. The van der Waals surface area contributed by atoms with Gasteiger partial charge in [0.2, 0.25) is 5.79 Å². The third-order valence-corrected chi connectivity index (χ3v) is 5.56. The summed E-state index contributed by atoms with van der Waals surface area (Å²) in [6.07, 6.45) is 6.44. The molecule has 0 amide bonds. The molecule has 0 heterocycles. The molecular weight excluding hydrogens is 552 g/mol. The van der Waals surface area contributed by atoms with Crippen LogP contribution in [0.4, 0.5) is 0 Å². The highest BCUT2D eigenvalue weighted by Gasteiger charge is 2.49. The van der Waals surface area contributed by atoms with E-state index in [0.29, 0.717) is 23.5 Å². The lowest BCUT2D eigenvalue weighted by Crippen LogP contribution is -2.51. The molecule has 0 bridgehead atoms. The molecule has 1 rings (SSSR count). The number of halogens is 4. The Labute approximate surface area is 164 Å². The molecule has 128 valence electrons. The molecular formula is C14H20Br4O4. The summed E-state index contributed by atoms with van der Waals surface area (Å²) in [5.41, 5.74) is 0. The topological polar surface area (TPSA) is 58.9 Å². The zero-order valence-corrected chi connectivity index (χ0v) is 18.4. The van der Waals surface area contributed by atoms with E-state index in [4.69, 9.17) is 9.47 Å². The second kappa shape index (κ2) is 10.2. The standard InChI is InChI=1S/C14H20Br4O4/c15-5-1-3-7-21-12-10-13(18,19)14(20,9-11(12)17)22-8-4-2-6-16/h9-10,19-20H,1-8H2. The highest BCUT2D eigenvalue weighted by Crippen LogP contribution is 2.41. The van der Waals surface area contributed by atoms with Crippen LogP contribution in [-0.2, 0) is 9.47 Å². The van der Waals surface area contributed by atoms with Gasteiger partial charge in [-0.2, -0.15) is 0 Å². The summed E-state index contributed by atoms with van der Waals surface area (Å²) < 4.78 is 9.92. The molecule has 2 N–H and O–H groups in total. The van der Waals surface area contributed by atoms with Crippen LogP contribution in [0, 0.1) is 0 Å². The van der Waals surface area contributed by atoms with Gasteiger partial charge < -0.3 is 19.7 Å². The van der Waals surface area contributed by atoms with E-state index < -0.39 is 10.3 Å². The lowest BCUT2D eigenvalue weighted by atomic mass is 10.0. The van der Waals surface area contributed by atoms with Crippen molar-refractivity contribution in [2.24, 2.45) is 0 Å². The fraction of sp³-hybridized carbons (Fsp3) is 0.714. The molecule has 1 aliphatic carbocycles. The fourth-order valence-electron chi connectivity index (χ4n) is 1.75. The summed E-state index contributed by atoms with van der Waals surface area (Å²) in [6.45, 7) is 0.871. The summed E-state index contributed by atoms with van der Waals surface area (Å²) >= 11 is 13.2. The van der Waals surface area contributed by atoms with E-state index in [1.807, 2.05) is 0 Å². The number of hydrogen-bond donors (Lipinski definition) is 2. The minimum absolute atomic E-state index is 0.335. The van der Waals surface area contributed by atoms with Crippen molar-refractivity contribution in [3.8, 4) is 0 Å². The Hall–Kier alpha value is 1.08. The van der Waals surface area contributed by atoms with Crippen LogP contribution in [0.1, 0.15) is 25.7 Å². The van der Waals surface area contributed by atoms with E-state index >= 15 is 0 Å². The van der Waals surface area contributed by atoms with Crippen molar-refractivity contribution in [2.75, 3.05) is 23.9 Å². The number of alkyl halides is 3. The molecule has 4 nitrogen and oxygen atoms in total. The molecule has 0 aromatic carbocycles. The second-order valence-corrected chi connectivity index (χ2v) is 8.51. The summed E-state index contributed by atoms with van der Waals surface area (Å²) in [6, 6.07) is 0. The van der Waals surface area contributed by atoms with Crippen molar-refractivity contribution in [1.29, 1.82) is 0 Å². The van der Waals surface area contributed by atoms with E-state index in [1.165, 1.54) is 12.2 Å². The SMILES string of the molecule is OC1(Br)C=C(OCCCCBr)C(Br)=CC1(O)OCCCCBr. The average Bonchev–Trinajstić information content (AvgIpc) is 2.45. The van der Waals surface area contributed by atoms with Gasteiger partial charge in [0.25, 0.3) is 0 Å². The van der Waals surface area contributed by atoms with Gasteiger partial charge in [0, 0.05) is 16.7 Å². The first-order valence-corrected chi connectivity index (χ1v) is 10.8. The molecule has 0 fully saturated rings. The van der Waals surface area contributed by atoms with Gasteiger partial charge in [0.15, 0.2) is 4.51 Å². The molecule has 0 aliphatic heterocycles. The summed E-state index contributed by atoms with van der Waals surface area (Å²) in [5.74, 6) is -1.37. The minimum atomic E-state index is -1.85. The highest BCUT2D eigenvalue weighted by atomic mass is 79.9. The molecule has 8 heteroatoms. The van der Waals surface area contributed by atoms with Crippen molar-refractivity contribution in [1.82, 2.24) is 0 Å². The van der Waals surface area contributed by atoms with Crippen molar-refractivity contribution in [3.05, 3.63) is 22.4 Å². The molecule has 0 saturated carbocycles. The van der Waals surface area contributed by atoms with Crippen LogP contribution >= 0.6 is 63.7 Å². The number of ether oxygens (including phenoxy) is 2. The van der Waals surface area contributed by atoms with Crippen molar-refractivity contribution in [3.63, 3.8) is 0 Å². The predicted octanol–water partition coefficient (Wildman–Crippen LogP) is 4.32. The van der Waals surface area contributed by atoms with Gasteiger partial charge in [0.1, 0.15) is 5.76 Å². The number of rotatable bonds is 10. The third kappa shape index (κ3) is 6.18. The molecule has 22 heavy (non-hydrogen) atoms. The molecule has 0 radical (unpaired) electrons. The lowest BCUT2D eigenvalue weighted by molar-refractivity contribution is -0.222. The molecule has 0 saturated heterocycles. The zero-order valence-electron chi connectivity index (χ0n) is 12.0. The van der Waals surface area contributed by atoms with Gasteiger partial charge in [-0.1, -0.05) is 31.9 Å². The fourth-order valence-corrected chi connectivity index (χ4v) is 3.52.